The first-order valence-electron chi connectivity index (χ1n) is 4.71. The summed E-state index contributed by atoms with van der Waals surface area (Å²) >= 11 is 5.56. The molecule has 1 amide bonds. The smallest absolute Gasteiger partial charge is 0.224 e. The minimum absolute atomic E-state index is 0.0420. The van der Waals surface area contributed by atoms with Crippen LogP contribution in [0.15, 0.2) is 24.3 Å². The molecule has 0 saturated carbocycles. The van der Waals surface area contributed by atoms with Crippen LogP contribution in [-0.4, -0.2) is 17.8 Å². The molecule has 0 radical (unpaired) electrons. The molecule has 0 spiro atoms. The van der Waals surface area contributed by atoms with Gasteiger partial charge in [-0.1, -0.05) is 12.1 Å². The summed E-state index contributed by atoms with van der Waals surface area (Å²) in [5, 5.41) is 2.73. The lowest BCUT2D eigenvalue weighted by atomic mass is 10.1. The van der Waals surface area contributed by atoms with Crippen molar-refractivity contribution in [2.75, 3.05) is 5.88 Å². The van der Waals surface area contributed by atoms with Gasteiger partial charge in [-0.15, -0.1) is 11.6 Å². The number of halogens is 2. The van der Waals surface area contributed by atoms with E-state index in [1.807, 2.05) is 6.92 Å². The van der Waals surface area contributed by atoms with E-state index < -0.39 is 0 Å². The van der Waals surface area contributed by atoms with Crippen molar-refractivity contribution in [3.8, 4) is 0 Å². The zero-order valence-electron chi connectivity index (χ0n) is 8.47. The number of rotatable bonds is 4. The molecule has 1 unspecified atom stereocenters. The van der Waals surface area contributed by atoms with Gasteiger partial charge in [-0.25, -0.2) is 4.39 Å². The number of carbonyl (C=O) groups is 1. The molecule has 1 aromatic carbocycles. The molecule has 0 heterocycles. The second kappa shape index (κ2) is 5.71. The summed E-state index contributed by atoms with van der Waals surface area (Å²) in [7, 11) is 0. The highest BCUT2D eigenvalue weighted by Gasteiger charge is 2.06. The van der Waals surface area contributed by atoms with Crippen LogP contribution in [0, 0.1) is 5.82 Å². The Hall–Kier alpha value is -1.09. The minimum Gasteiger partial charge on any atom is -0.352 e. The van der Waals surface area contributed by atoms with E-state index in [0.717, 1.165) is 5.56 Å². The molecule has 4 heteroatoms. The number of amides is 1. The van der Waals surface area contributed by atoms with Crippen molar-refractivity contribution in [1.29, 1.82) is 0 Å². The van der Waals surface area contributed by atoms with Crippen LogP contribution in [0.5, 0.6) is 0 Å². The van der Waals surface area contributed by atoms with Crippen LogP contribution in [0.1, 0.15) is 12.5 Å². The lowest BCUT2D eigenvalue weighted by molar-refractivity contribution is -0.120. The number of alkyl halides is 1. The Kier molecular flexibility index (Phi) is 4.56. The first-order valence-corrected chi connectivity index (χ1v) is 5.25. The standard InChI is InChI=1S/C11H13ClFNO/c1-8(7-12)14-11(15)6-9-2-4-10(13)5-3-9/h2-5,8H,6-7H2,1H3,(H,14,15). The van der Waals surface area contributed by atoms with Crippen LogP contribution in [-0.2, 0) is 11.2 Å². The van der Waals surface area contributed by atoms with Gasteiger partial charge in [0.2, 0.25) is 5.91 Å². The fourth-order valence-corrected chi connectivity index (χ4v) is 1.23. The van der Waals surface area contributed by atoms with Crippen molar-refractivity contribution in [2.45, 2.75) is 19.4 Å². The fourth-order valence-electron chi connectivity index (χ4n) is 1.15. The topological polar surface area (TPSA) is 29.1 Å². The molecule has 0 bridgehead atoms. The second-order valence-corrected chi connectivity index (χ2v) is 3.73. The number of benzene rings is 1. The van der Waals surface area contributed by atoms with Crippen LogP contribution in [0.4, 0.5) is 4.39 Å². The maximum absolute atomic E-state index is 12.6. The zero-order chi connectivity index (χ0) is 11.3. The van der Waals surface area contributed by atoms with Crippen molar-refractivity contribution in [3.05, 3.63) is 35.6 Å². The van der Waals surface area contributed by atoms with E-state index in [2.05, 4.69) is 5.32 Å². The van der Waals surface area contributed by atoms with E-state index in [0.29, 0.717) is 5.88 Å². The normalized spacial score (nSPS) is 12.2. The molecule has 0 aliphatic rings. The second-order valence-electron chi connectivity index (χ2n) is 3.43. The Balaban J connectivity index is 2.48. The van der Waals surface area contributed by atoms with Gasteiger partial charge >= 0.3 is 0 Å². The molecule has 0 aliphatic carbocycles. The quantitative estimate of drug-likeness (QED) is 0.788. The molecule has 1 aromatic rings. The maximum atomic E-state index is 12.6. The van der Waals surface area contributed by atoms with E-state index in [-0.39, 0.29) is 24.2 Å². The van der Waals surface area contributed by atoms with Crippen LogP contribution in [0.25, 0.3) is 0 Å². The highest BCUT2D eigenvalue weighted by molar-refractivity contribution is 6.18. The van der Waals surface area contributed by atoms with Gasteiger partial charge in [-0.05, 0) is 24.6 Å². The number of carbonyl (C=O) groups excluding carboxylic acids is 1. The third kappa shape index (κ3) is 4.30. The van der Waals surface area contributed by atoms with Gasteiger partial charge in [0.05, 0.1) is 6.42 Å². The lowest BCUT2D eigenvalue weighted by Gasteiger charge is -2.10. The van der Waals surface area contributed by atoms with Gasteiger partial charge in [0.1, 0.15) is 5.82 Å². The van der Waals surface area contributed by atoms with Crippen molar-refractivity contribution in [1.82, 2.24) is 5.32 Å². The Morgan fingerprint density at radius 2 is 2.07 bits per heavy atom. The summed E-state index contributed by atoms with van der Waals surface area (Å²) in [6.45, 7) is 1.83. The van der Waals surface area contributed by atoms with Crippen LogP contribution in [0.3, 0.4) is 0 Å². The predicted molar refractivity (Wildman–Crippen MR) is 58.4 cm³/mol. The average Bonchev–Trinajstić information content (AvgIpc) is 2.21. The summed E-state index contributed by atoms with van der Waals surface area (Å²) < 4.78 is 12.6. The third-order valence-electron chi connectivity index (χ3n) is 1.92. The van der Waals surface area contributed by atoms with Crippen molar-refractivity contribution in [2.24, 2.45) is 0 Å². The van der Waals surface area contributed by atoms with E-state index >= 15 is 0 Å². The van der Waals surface area contributed by atoms with Crippen molar-refractivity contribution in [3.63, 3.8) is 0 Å². The maximum Gasteiger partial charge on any atom is 0.224 e. The molecule has 0 saturated heterocycles. The first kappa shape index (κ1) is 12.0. The van der Waals surface area contributed by atoms with E-state index in [9.17, 15) is 9.18 Å². The van der Waals surface area contributed by atoms with Crippen LogP contribution in [0.2, 0.25) is 0 Å². The van der Waals surface area contributed by atoms with Crippen LogP contribution >= 0.6 is 11.6 Å². The van der Waals surface area contributed by atoms with Crippen molar-refractivity contribution >= 4 is 17.5 Å². The van der Waals surface area contributed by atoms with Crippen LogP contribution < -0.4 is 5.32 Å². The summed E-state index contributed by atoms with van der Waals surface area (Å²) in [5.74, 6) is -0.0159. The first-order chi connectivity index (χ1) is 7.11. The predicted octanol–water partition coefficient (Wildman–Crippen LogP) is 2.11. The summed E-state index contributed by atoms with van der Waals surface area (Å²) in [4.78, 5) is 11.4. The zero-order valence-corrected chi connectivity index (χ0v) is 9.22. The molecule has 82 valence electrons. The largest absolute Gasteiger partial charge is 0.352 e. The lowest BCUT2D eigenvalue weighted by Crippen LogP contribution is -2.34. The minimum atomic E-state index is -0.298. The number of hydrogen-bond acceptors (Lipinski definition) is 1. The number of hydrogen-bond donors (Lipinski definition) is 1. The molecule has 2 nitrogen and oxygen atoms in total. The van der Waals surface area contributed by atoms with Crippen molar-refractivity contribution < 1.29 is 9.18 Å². The Morgan fingerprint density at radius 3 is 2.60 bits per heavy atom. The van der Waals surface area contributed by atoms with Gasteiger partial charge < -0.3 is 5.32 Å². The highest BCUT2D eigenvalue weighted by Crippen LogP contribution is 2.03. The molecule has 1 rings (SSSR count). The molecule has 0 fully saturated rings. The monoisotopic (exact) mass is 229 g/mol. The van der Waals surface area contributed by atoms with Gasteiger partial charge in [0.15, 0.2) is 0 Å². The Morgan fingerprint density at radius 1 is 1.47 bits per heavy atom. The summed E-state index contributed by atoms with van der Waals surface area (Å²) in [6, 6.07) is 5.83. The Bertz CT molecular complexity index is 326. The fraction of sp³-hybridized carbons (Fsp3) is 0.364. The SMILES string of the molecule is CC(CCl)NC(=O)Cc1ccc(F)cc1. The number of nitrogens with one attached hydrogen (secondary N) is 1. The van der Waals surface area contributed by atoms with Gasteiger partial charge in [0, 0.05) is 11.9 Å². The van der Waals surface area contributed by atoms with E-state index in [4.69, 9.17) is 11.6 Å². The molecule has 0 aliphatic heterocycles. The summed E-state index contributed by atoms with van der Waals surface area (Å²) in [6.07, 6.45) is 0.251. The molecular formula is C11H13ClFNO. The van der Waals surface area contributed by atoms with E-state index in [1.54, 1.807) is 12.1 Å². The molecule has 1 atom stereocenters. The van der Waals surface area contributed by atoms with E-state index in [1.165, 1.54) is 12.1 Å². The Labute approximate surface area is 93.4 Å². The average molecular weight is 230 g/mol. The molecule has 0 aromatic heterocycles. The molecule has 1 N–H and O–H groups in total. The van der Waals surface area contributed by atoms with Gasteiger partial charge in [-0.3, -0.25) is 4.79 Å². The molecule has 15 heavy (non-hydrogen) atoms. The molecular weight excluding hydrogens is 217 g/mol. The van der Waals surface area contributed by atoms with Gasteiger partial charge in [0.25, 0.3) is 0 Å². The van der Waals surface area contributed by atoms with Gasteiger partial charge in [-0.2, -0.15) is 0 Å². The summed E-state index contributed by atoms with van der Waals surface area (Å²) in [5.41, 5.74) is 0.788. The third-order valence-corrected chi connectivity index (χ3v) is 2.38. The highest BCUT2D eigenvalue weighted by atomic mass is 35.5.